The number of nitrogens with zero attached hydrogens (tertiary/aromatic N) is 2. The van der Waals surface area contributed by atoms with E-state index in [0.717, 1.165) is 16.9 Å². The van der Waals surface area contributed by atoms with E-state index >= 15 is 0 Å². The Kier molecular flexibility index (Phi) is 7.14. The molecule has 0 saturated heterocycles. The van der Waals surface area contributed by atoms with E-state index in [2.05, 4.69) is 10.3 Å². The van der Waals surface area contributed by atoms with Gasteiger partial charge < -0.3 is 15.0 Å². The standard InChI is InChI=1S/C20H25N3O3/c1-4-26-17-8-6-5-7-16(17)9-10-20(25)23(3)14-19(24)22-18-13-15(2)11-12-21-18/h5-8,11-13H,4,9-10,14H2,1-3H3,(H,21,22,24). The Balaban J connectivity index is 1.84. The van der Waals surface area contributed by atoms with Crippen molar-refractivity contribution in [2.75, 3.05) is 25.5 Å². The molecule has 0 aliphatic rings. The summed E-state index contributed by atoms with van der Waals surface area (Å²) in [5.41, 5.74) is 2.00. The highest BCUT2D eigenvalue weighted by atomic mass is 16.5. The summed E-state index contributed by atoms with van der Waals surface area (Å²) in [6, 6.07) is 11.3. The molecule has 0 bridgehead atoms. The van der Waals surface area contributed by atoms with Crippen LogP contribution in [0.5, 0.6) is 5.75 Å². The second-order valence-corrected chi connectivity index (χ2v) is 6.06. The minimum Gasteiger partial charge on any atom is -0.494 e. The van der Waals surface area contributed by atoms with Gasteiger partial charge in [-0.25, -0.2) is 4.98 Å². The highest BCUT2D eigenvalue weighted by Crippen LogP contribution is 2.19. The molecule has 1 aromatic heterocycles. The maximum atomic E-state index is 12.3. The molecule has 0 fully saturated rings. The first-order chi connectivity index (χ1) is 12.5. The first kappa shape index (κ1) is 19.4. The first-order valence-electron chi connectivity index (χ1n) is 8.66. The van der Waals surface area contributed by atoms with Crippen LogP contribution in [0.1, 0.15) is 24.5 Å². The molecule has 2 amide bonds. The van der Waals surface area contributed by atoms with Gasteiger partial charge in [0.25, 0.3) is 0 Å². The van der Waals surface area contributed by atoms with E-state index in [-0.39, 0.29) is 18.4 Å². The molecule has 2 rings (SSSR count). The summed E-state index contributed by atoms with van der Waals surface area (Å²) in [5.74, 6) is 0.924. The average Bonchev–Trinajstić information content (AvgIpc) is 2.60. The summed E-state index contributed by atoms with van der Waals surface area (Å²) in [6.45, 7) is 4.42. The topological polar surface area (TPSA) is 71.5 Å². The van der Waals surface area contributed by atoms with E-state index in [9.17, 15) is 9.59 Å². The number of nitrogens with one attached hydrogen (secondary N) is 1. The molecule has 0 spiro atoms. The number of hydrogen-bond acceptors (Lipinski definition) is 4. The van der Waals surface area contributed by atoms with Crippen LogP contribution in [0.3, 0.4) is 0 Å². The van der Waals surface area contributed by atoms with Gasteiger partial charge in [-0.1, -0.05) is 18.2 Å². The van der Waals surface area contributed by atoms with Crippen molar-refractivity contribution < 1.29 is 14.3 Å². The van der Waals surface area contributed by atoms with E-state index in [1.807, 2.05) is 44.2 Å². The van der Waals surface area contributed by atoms with Crippen LogP contribution in [0.15, 0.2) is 42.6 Å². The maximum absolute atomic E-state index is 12.3. The summed E-state index contributed by atoms with van der Waals surface area (Å²) in [5, 5.41) is 2.70. The second kappa shape index (κ2) is 9.56. The van der Waals surface area contributed by atoms with Gasteiger partial charge in [-0.15, -0.1) is 0 Å². The fraction of sp³-hybridized carbons (Fsp3) is 0.350. The molecule has 0 atom stereocenters. The zero-order valence-corrected chi connectivity index (χ0v) is 15.5. The van der Waals surface area contributed by atoms with Crippen molar-refractivity contribution in [3.8, 4) is 5.75 Å². The third kappa shape index (κ3) is 5.88. The Morgan fingerprint density at radius 2 is 2.00 bits per heavy atom. The zero-order valence-electron chi connectivity index (χ0n) is 15.5. The van der Waals surface area contributed by atoms with Gasteiger partial charge in [0.1, 0.15) is 11.6 Å². The number of ether oxygens (including phenoxy) is 1. The summed E-state index contributed by atoms with van der Waals surface area (Å²) in [4.78, 5) is 29.9. The molecule has 1 heterocycles. The minimum atomic E-state index is -0.270. The molecule has 0 aliphatic heterocycles. The molecule has 1 N–H and O–H groups in total. The molecule has 0 aliphatic carbocycles. The van der Waals surface area contributed by atoms with Crippen molar-refractivity contribution >= 4 is 17.6 Å². The number of benzene rings is 1. The quantitative estimate of drug-likeness (QED) is 0.790. The van der Waals surface area contributed by atoms with E-state index in [1.54, 1.807) is 19.3 Å². The Hall–Kier alpha value is -2.89. The van der Waals surface area contributed by atoms with Gasteiger partial charge in [-0.05, 0) is 49.6 Å². The van der Waals surface area contributed by atoms with Crippen molar-refractivity contribution in [2.24, 2.45) is 0 Å². The molecular formula is C20H25N3O3. The van der Waals surface area contributed by atoms with Gasteiger partial charge in [0.05, 0.1) is 13.2 Å². The lowest BCUT2D eigenvalue weighted by Gasteiger charge is -2.17. The van der Waals surface area contributed by atoms with Crippen LogP contribution in [-0.4, -0.2) is 41.9 Å². The summed E-state index contributed by atoms with van der Waals surface area (Å²) < 4.78 is 5.57. The number of carbonyl (C=O) groups is 2. The Bertz CT molecular complexity index is 761. The zero-order chi connectivity index (χ0) is 18.9. The van der Waals surface area contributed by atoms with Crippen LogP contribution in [0.4, 0.5) is 5.82 Å². The van der Waals surface area contributed by atoms with E-state index in [4.69, 9.17) is 4.74 Å². The Morgan fingerprint density at radius 1 is 1.23 bits per heavy atom. The molecule has 0 unspecified atom stereocenters. The average molecular weight is 355 g/mol. The number of anilines is 1. The molecular weight excluding hydrogens is 330 g/mol. The monoisotopic (exact) mass is 355 g/mol. The highest BCUT2D eigenvalue weighted by molar-refractivity contribution is 5.93. The molecule has 6 heteroatoms. The fourth-order valence-electron chi connectivity index (χ4n) is 2.53. The van der Waals surface area contributed by atoms with Crippen molar-refractivity contribution in [2.45, 2.75) is 26.7 Å². The predicted octanol–water partition coefficient (Wildman–Crippen LogP) is 2.82. The molecule has 0 saturated carbocycles. The lowest BCUT2D eigenvalue weighted by atomic mass is 10.1. The van der Waals surface area contributed by atoms with Crippen LogP contribution >= 0.6 is 0 Å². The van der Waals surface area contributed by atoms with Gasteiger partial charge in [-0.3, -0.25) is 9.59 Å². The van der Waals surface area contributed by atoms with Crippen molar-refractivity contribution in [1.82, 2.24) is 9.88 Å². The number of hydrogen-bond donors (Lipinski definition) is 1. The number of likely N-dealkylation sites (N-methyl/N-ethyl adjacent to an activating group) is 1. The lowest BCUT2D eigenvalue weighted by molar-refractivity contribution is -0.133. The smallest absolute Gasteiger partial charge is 0.245 e. The number of aromatic nitrogens is 1. The summed E-state index contributed by atoms with van der Waals surface area (Å²) in [7, 11) is 1.63. The molecule has 1 aromatic carbocycles. The molecule has 138 valence electrons. The first-order valence-corrected chi connectivity index (χ1v) is 8.66. The number of carbonyl (C=O) groups excluding carboxylic acids is 2. The SMILES string of the molecule is CCOc1ccccc1CCC(=O)N(C)CC(=O)Nc1cc(C)ccn1. The predicted molar refractivity (Wildman–Crippen MR) is 101 cm³/mol. The summed E-state index contributed by atoms with van der Waals surface area (Å²) >= 11 is 0. The number of aryl methyl sites for hydroxylation is 2. The number of pyridine rings is 1. The van der Waals surface area contributed by atoms with Crippen LogP contribution < -0.4 is 10.1 Å². The van der Waals surface area contributed by atoms with Crippen LogP contribution in [0, 0.1) is 6.92 Å². The molecule has 2 aromatic rings. The van der Waals surface area contributed by atoms with Crippen molar-refractivity contribution in [3.63, 3.8) is 0 Å². The third-order valence-corrected chi connectivity index (χ3v) is 3.87. The normalized spacial score (nSPS) is 10.3. The number of para-hydroxylation sites is 1. The Labute approximate surface area is 154 Å². The third-order valence-electron chi connectivity index (χ3n) is 3.87. The number of amides is 2. The van der Waals surface area contributed by atoms with Gasteiger partial charge in [0, 0.05) is 19.7 Å². The minimum absolute atomic E-state index is 0.0123. The van der Waals surface area contributed by atoms with Gasteiger partial charge in [0.2, 0.25) is 11.8 Å². The van der Waals surface area contributed by atoms with Gasteiger partial charge >= 0.3 is 0 Å². The van der Waals surface area contributed by atoms with Crippen LogP contribution in [0.2, 0.25) is 0 Å². The van der Waals surface area contributed by atoms with Gasteiger partial charge in [0.15, 0.2) is 0 Å². The van der Waals surface area contributed by atoms with Crippen molar-refractivity contribution in [3.05, 3.63) is 53.7 Å². The second-order valence-electron chi connectivity index (χ2n) is 6.06. The molecule has 6 nitrogen and oxygen atoms in total. The van der Waals surface area contributed by atoms with E-state index in [0.29, 0.717) is 25.3 Å². The van der Waals surface area contributed by atoms with E-state index < -0.39 is 0 Å². The van der Waals surface area contributed by atoms with Crippen LogP contribution in [0.25, 0.3) is 0 Å². The van der Waals surface area contributed by atoms with Crippen molar-refractivity contribution in [1.29, 1.82) is 0 Å². The maximum Gasteiger partial charge on any atom is 0.245 e. The largest absolute Gasteiger partial charge is 0.494 e. The van der Waals surface area contributed by atoms with E-state index in [1.165, 1.54) is 4.90 Å². The number of rotatable bonds is 8. The highest BCUT2D eigenvalue weighted by Gasteiger charge is 2.14. The van der Waals surface area contributed by atoms with Crippen LogP contribution in [-0.2, 0) is 16.0 Å². The van der Waals surface area contributed by atoms with Gasteiger partial charge in [-0.2, -0.15) is 0 Å². The lowest BCUT2D eigenvalue weighted by Crippen LogP contribution is -2.35. The molecule has 0 radical (unpaired) electrons. The summed E-state index contributed by atoms with van der Waals surface area (Å²) in [6.07, 6.45) is 2.52. The molecule has 26 heavy (non-hydrogen) atoms. The fourth-order valence-corrected chi connectivity index (χ4v) is 2.53. The Morgan fingerprint density at radius 3 is 2.73 bits per heavy atom.